The lowest BCUT2D eigenvalue weighted by molar-refractivity contribution is -0.137. The second kappa shape index (κ2) is 11.2. The quantitative estimate of drug-likeness (QED) is 0.630. The topological polar surface area (TPSA) is 93.2 Å². The van der Waals surface area contributed by atoms with E-state index in [0.29, 0.717) is 55.7 Å². The Labute approximate surface area is 200 Å². The maximum absolute atomic E-state index is 12.8. The molecule has 0 aliphatic carbocycles. The number of hydrogen-bond acceptors (Lipinski definition) is 7. The number of nitrogens with one attached hydrogen (secondary N) is 1. The number of anilines is 1. The monoisotopic (exact) mass is 496 g/mol. The lowest BCUT2D eigenvalue weighted by Gasteiger charge is -2.23. The highest BCUT2D eigenvalue weighted by atomic mass is 19.4. The molecule has 1 aromatic heterocycles. The summed E-state index contributed by atoms with van der Waals surface area (Å²) in [6.45, 7) is 1.54. The smallest absolute Gasteiger partial charge is 0.417 e. The molecule has 1 N–H and O–H groups in total. The summed E-state index contributed by atoms with van der Waals surface area (Å²) >= 11 is 0. The number of methoxy groups -OCH3 is 3. The minimum absolute atomic E-state index is 0.214. The van der Waals surface area contributed by atoms with Crippen LogP contribution in [0, 0.1) is 0 Å². The van der Waals surface area contributed by atoms with Crippen molar-refractivity contribution in [1.82, 2.24) is 15.2 Å². The lowest BCUT2D eigenvalue weighted by Crippen LogP contribution is -2.42. The standard InChI is InChI=1S/C23H27F3N4O5/c1-33-17-11-15(12-18(34-2)21(17)35-3)22(32)28-14-20(31)30-8-4-7-29(9-10-30)19-6-5-16(13-27-19)23(24,25)26/h5-6,11-13H,4,7-10,14H2,1-3H3,(H,28,32). The lowest BCUT2D eigenvalue weighted by atomic mass is 10.1. The van der Waals surface area contributed by atoms with Crippen molar-refractivity contribution < 1.29 is 37.0 Å². The van der Waals surface area contributed by atoms with Crippen LogP contribution >= 0.6 is 0 Å². The number of benzene rings is 1. The first-order valence-electron chi connectivity index (χ1n) is 10.8. The van der Waals surface area contributed by atoms with E-state index in [1.54, 1.807) is 4.90 Å². The van der Waals surface area contributed by atoms with E-state index >= 15 is 0 Å². The van der Waals surface area contributed by atoms with Gasteiger partial charge in [-0.1, -0.05) is 0 Å². The maximum Gasteiger partial charge on any atom is 0.417 e. The number of alkyl halides is 3. The Morgan fingerprint density at radius 1 is 1.00 bits per heavy atom. The fraction of sp³-hybridized carbons (Fsp3) is 0.435. The highest BCUT2D eigenvalue weighted by molar-refractivity contribution is 5.97. The molecule has 0 saturated carbocycles. The number of rotatable bonds is 7. The number of pyridine rings is 1. The zero-order valence-corrected chi connectivity index (χ0v) is 19.6. The van der Waals surface area contributed by atoms with Gasteiger partial charge in [-0.25, -0.2) is 4.98 Å². The van der Waals surface area contributed by atoms with Crippen molar-refractivity contribution in [2.75, 3.05) is 59.0 Å². The summed E-state index contributed by atoms with van der Waals surface area (Å²) < 4.78 is 54.0. The van der Waals surface area contributed by atoms with Crippen molar-refractivity contribution in [3.8, 4) is 17.2 Å². The summed E-state index contributed by atoms with van der Waals surface area (Å²) in [5.41, 5.74) is -0.571. The van der Waals surface area contributed by atoms with E-state index in [9.17, 15) is 22.8 Å². The molecule has 0 spiro atoms. The van der Waals surface area contributed by atoms with E-state index in [-0.39, 0.29) is 18.0 Å². The number of nitrogens with zero attached hydrogens (tertiary/aromatic N) is 3. The molecule has 35 heavy (non-hydrogen) atoms. The second-order valence-electron chi connectivity index (χ2n) is 7.72. The third kappa shape index (κ3) is 6.25. The molecule has 1 saturated heterocycles. The van der Waals surface area contributed by atoms with Crippen molar-refractivity contribution in [3.63, 3.8) is 0 Å². The highest BCUT2D eigenvalue weighted by Gasteiger charge is 2.31. The fourth-order valence-corrected chi connectivity index (χ4v) is 3.72. The Morgan fingerprint density at radius 3 is 2.23 bits per heavy atom. The molecule has 9 nitrogen and oxygen atoms in total. The summed E-state index contributed by atoms with van der Waals surface area (Å²) in [7, 11) is 4.32. The first kappa shape index (κ1) is 25.9. The summed E-state index contributed by atoms with van der Waals surface area (Å²) in [5.74, 6) is 0.638. The molecule has 0 unspecified atom stereocenters. The van der Waals surface area contributed by atoms with Gasteiger partial charge in [0.05, 0.1) is 33.4 Å². The molecule has 0 radical (unpaired) electrons. The van der Waals surface area contributed by atoms with Crippen LogP contribution in [0.3, 0.4) is 0 Å². The van der Waals surface area contributed by atoms with E-state index in [0.717, 1.165) is 12.3 Å². The third-order valence-corrected chi connectivity index (χ3v) is 5.57. The van der Waals surface area contributed by atoms with Gasteiger partial charge in [0.2, 0.25) is 11.7 Å². The zero-order valence-electron chi connectivity index (χ0n) is 19.6. The molecule has 1 aliphatic rings. The Kier molecular flexibility index (Phi) is 8.26. The number of amides is 2. The van der Waals surface area contributed by atoms with Crippen molar-refractivity contribution in [3.05, 3.63) is 41.6 Å². The van der Waals surface area contributed by atoms with Gasteiger partial charge in [0, 0.05) is 37.9 Å². The van der Waals surface area contributed by atoms with Crippen LogP contribution in [-0.4, -0.2) is 75.8 Å². The molecule has 12 heteroatoms. The Morgan fingerprint density at radius 2 is 1.69 bits per heavy atom. The molecule has 0 bridgehead atoms. The summed E-state index contributed by atoms with van der Waals surface area (Å²) in [4.78, 5) is 32.7. The second-order valence-corrected chi connectivity index (χ2v) is 7.72. The molecule has 1 aromatic carbocycles. The Hall–Kier alpha value is -3.70. The zero-order chi connectivity index (χ0) is 25.6. The van der Waals surface area contributed by atoms with Crippen LogP contribution in [0.2, 0.25) is 0 Å². The van der Waals surface area contributed by atoms with Gasteiger partial charge in [-0.3, -0.25) is 9.59 Å². The van der Waals surface area contributed by atoms with Crippen LogP contribution in [0.15, 0.2) is 30.5 Å². The normalized spacial score (nSPS) is 14.2. The van der Waals surface area contributed by atoms with E-state index in [4.69, 9.17) is 14.2 Å². The molecule has 0 atom stereocenters. The predicted molar refractivity (Wildman–Crippen MR) is 121 cm³/mol. The molecule has 1 aliphatic heterocycles. The number of carbonyl (C=O) groups excluding carboxylic acids is 2. The molecule has 2 heterocycles. The highest BCUT2D eigenvalue weighted by Crippen LogP contribution is 2.38. The Bertz CT molecular complexity index is 1020. The molecule has 2 aromatic rings. The molecular weight excluding hydrogens is 469 g/mol. The van der Waals surface area contributed by atoms with Gasteiger partial charge >= 0.3 is 6.18 Å². The number of ether oxygens (including phenoxy) is 3. The minimum atomic E-state index is -4.44. The van der Waals surface area contributed by atoms with Gasteiger partial charge in [-0.05, 0) is 30.7 Å². The van der Waals surface area contributed by atoms with Gasteiger partial charge < -0.3 is 29.3 Å². The molecule has 2 amide bonds. The van der Waals surface area contributed by atoms with Gasteiger partial charge in [0.25, 0.3) is 5.91 Å². The van der Waals surface area contributed by atoms with Crippen LogP contribution in [0.4, 0.5) is 19.0 Å². The van der Waals surface area contributed by atoms with Crippen LogP contribution in [0.1, 0.15) is 22.3 Å². The number of aromatic nitrogens is 1. The van der Waals surface area contributed by atoms with Gasteiger partial charge in [-0.15, -0.1) is 0 Å². The fourth-order valence-electron chi connectivity index (χ4n) is 3.72. The number of carbonyl (C=O) groups is 2. The molecule has 1 fully saturated rings. The van der Waals surface area contributed by atoms with Gasteiger partial charge in [0.1, 0.15) is 5.82 Å². The van der Waals surface area contributed by atoms with Crippen molar-refractivity contribution in [1.29, 1.82) is 0 Å². The van der Waals surface area contributed by atoms with Crippen molar-refractivity contribution in [2.45, 2.75) is 12.6 Å². The van der Waals surface area contributed by atoms with Gasteiger partial charge in [0.15, 0.2) is 11.5 Å². The van der Waals surface area contributed by atoms with Gasteiger partial charge in [-0.2, -0.15) is 13.2 Å². The van der Waals surface area contributed by atoms with Crippen molar-refractivity contribution in [2.24, 2.45) is 0 Å². The van der Waals surface area contributed by atoms with E-state index in [2.05, 4.69) is 10.3 Å². The summed E-state index contributed by atoms with van der Waals surface area (Å²) in [6.07, 6.45) is -3.03. The first-order valence-corrected chi connectivity index (χ1v) is 10.8. The van der Waals surface area contributed by atoms with E-state index in [1.165, 1.54) is 39.5 Å². The van der Waals surface area contributed by atoms with Crippen LogP contribution in [0.25, 0.3) is 0 Å². The average molecular weight is 496 g/mol. The Balaban J connectivity index is 1.58. The molecule has 190 valence electrons. The summed E-state index contributed by atoms with van der Waals surface area (Å²) in [6, 6.07) is 5.30. The number of halogens is 3. The van der Waals surface area contributed by atoms with E-state index in [1.807, 2.05) is 4.90 Å². The van der Waals surface area contributed by atoms with Crippen LogP contribution < -0.4 is 24.4 Å². The minimum Gasteiger partial charge on any atom is -0.493 e. The largest absolute Gasteiger partial charge is 0.493 e. The first-order chi connectivity index (χ1) is 16.7. The molecular formula is C23H27F3N4O5. The maximum atomic E-state index is 12.8. The summed E-state index contributed by atoms with van der Waals surface area (Å²) in [5, 5.41) is 2.61. The predicted octanol–water partition coefficient (Wildman–Crippen LogP) is 2.59. The SMILES string of the molecule is COc1cc(C(=O)NCC(=O)N2CCCN(c3ccc(C(F)(F)F)cn3)CC2)cc(OC)c1OC. The number of hydrogen-bond donors (Lipinski definition) is 1. The van der Waals surface area contributed by atoms with Crippen LogP contribution in [0.5, 0.6) is 17.2 Å². The van der Waals surface area contributed by atoms with Crippen molar-refractivity contribution >= 4 is 17.6 Å². The average Bonchev–Trinajstić information content (AvgIpc) is 3.12. The van der Waals surface area contributed by atoms with Crippen LogP contribution in [-0.2, 0) is 11.0 Å². The molecule has 3 rings (SSSR count). The third-order valence-electron chi connectivity index (χ3n) is 5.57. The van der Waals surface area contributed by atoms with E-state index < -0.39 is 17.6 Å².